The molecule has 0 unspecified atom stereocenters. The Kier molecular flexibility index (Phi) is 8.34. The normalized spacial score (nSPS) is 13.6. The number of hydrogen-bond acceptors (Lipinski definition) is 4. The number of para-hydroxylation sites is 1. The molecule has 0 atom stereocenters. The van der Waals surface area contributed by atoms with Gasteiger partial charge in [0, 0.05) is 54.1 Å². The van der Waals surface area contributed by atoms with Crippen molar-refractivity contribution in [3.05, 3.63) is 94.0 Å². The molecule has 0 bridgehead atoms. The highest BCUT2D eigenvalue weighted by molar-refractivity contribution is 6.33. The van der Waals surface area contributed by atoms with E-state index in [9.17, 15) is 9.59 Å². The number of hydrogen-bond donors (Lipinski definition) is 1. The zero-order valence-electron chi connectivity index (χ0n) is 21.4. The number of amides is 1. The van der Waals surface area contributed by atoms with Gasteiger partial charge in [0.05, 0.1) is 21.9 Å². The first kappa shape index (κ1) is 27.0. The number of aliphatic carboxylic acids is 1. The third-order valence-corrected chi connectivity index (χ3v) is 7.68. The molecule has 0 spiro atoms. The average molecular weight is 562 g/mol. The first-order valence-corrected chi connectivity index (χ1v) is 13.8. The second-order valence-corrected chi connectivity index (χ2v) is 10.6. The largest absolute Gasteiger partial charge is 0.481 e. The monoisotopic (exact) mass is 561 g/mol. The smallest absolute Gasteiger partial charge is 0.303 e. The number of benzene rings is 3. The average Bonchev–Trinajstić information content (AvgIpc) is 2.95. The second kappa shape index (κ2) is 12.1. The molecule has 1 aromatic heterocycles. The molecule has 1 saturated heterocycles. The molecule has 5 rings (SSSR count). The van der Waals surface area contributed by atoms with Gasteiger partial charge in [0.2, 0.25) is 0 Å². The highest BCUT2D eigenvalue weighted by atomic mass is 35.5. The van der Waals surface area contributed by atoms with Gasteiger partial charge < -0.3 is 14.9 Å². The lowest BCUT2D eigenvalue weighted by Gasteiger charge is -2.36. The molecule has 3 aromatic carbocycles. The van der Waals surface area contributed by atoms with E-state index in [0.717, 1.165) is 57.9 Å². The molecule has 200 valence electrons. The number of carboxylic acids is 1. The van der Waals surface area contributed by atoms with Crippen LogP contribution in [-0.2, 0) is 11.2 Å². The van der Waals surface area contributed by atoms with E-state index in [-0.39, 0.29) is 12.3 Å². The summed E-state index contributed by atoms with van der Waals surface area (Å²) < 4.78 is 0. The van der Waals surface area contributed by atoms with E-state index in [0.29, 0.717) is 36.5 Å². The van der Waals surface area contributed by atoms with Crippen molar-refractivity contribution in [1.82, 2.24) is 9.88 Å². The summed E-state index contributed by atoms with van der Waals surface area (Å²) in [5.41, 5.74) is 5.25. The maximum absolute atomic E-state index is 13.4. The summed E-state index contributed by atoms with van der Waals surface area (Å²) in [5, 5.41) is 11.3. The van der Waals surface area contributed by atoms with E-state index in [1.54, 1.807) is 0 Å². The SMILES string of the molecule is O=C(O)CCCCc1cc2cc(C(=O)N3CCN(c4ccccc4Cl)CC3)ccc2nc1-c1ccc(Cl)cc1. The molecule has 39 heavy (non-hydrogen) atoms. The van der Waals surface area contributed by atoms with Crippen LogP contribution in [0.2, 0.25) is 10.0 Å². The van der Waals surface area contributed by atoms with Gasteiger partial charge in [-0.1, -0.05) is 47.5 Å². The number of halogens is 2. The van der Waals surface area contributed by atoms with Crippen LogP contribution in [0.3, 0.4) is 0 Å². The number of anilines is 1. The molecular formula is C31H29Cl2N3O3. The predicted molar refractivity (Wildman–Crippen MR) is 157 cm³/mol. The number of fused-ring (bicyclic) bond motifs is 1. The van der Waals surface area contributed by atoms with Gasteiger partial charge in [0.1, 0.15) is 0 Å². The van der Waals surface area contributed by atoms with Crippen molar-refractivity contribution in [1.29, 1.82) is 0 Å². The Hall–Kier alpha value is -3.61. The van der Waals surface area contributed by atoms with Crippen LogP contribution in [-0.4, -0.2) is 53.0 Å². The van der Waals surface area contributed by atoms with Gasteiger partial charge in [0.25, 0.3) is 5.91 Å². The lowest BCUT2D eigenvalue weighted by molar-refractivity contribution is -0.137. The molecule has 0 radical (unpaired) electrons. The van der Waals surface area contributed by atoms with Crippen LogP contribution >= 0.6 is 23.2 Å². The summed E-state index contributed by atoms with van der Waals surface area (Å²) in [6.07, 6.45) is 2.15. The highest BCUT2D eigenvalue weighted by Gasteiger charge is 2.23. The number of carboxylic acid groups (broad SMARTS) is 1. The van der Waals surface area contributed by atoms with E-state index in [4.69, 9.17) is 33.3 Å². The van der Waals surface area contributed by atoms with Gasteiger partial charge in [-0.05, 0) is 73.4 Å². The maximum Gasteiger partial charge on any atom is 0.303 e. The number of piperazine rings is 1. The summed E-state index contributed by atoms with van der Waals surface area (Å²) in [6, 6.07) is 23.1. The molecule has 2 heterocycles. The van der Waals surface area contributed by atoms with Crippen LogP contribution in [0, 0.1) is 0 Å². The Balaban J connectivity index is 1.37. The highest BCUT2D eigenvalue weighted by Crippen LogP contribution is 2.30. The zero-order valence-corrected chi connectivity index (χ0v) is 23.0. The van der Waals surface area contributed by atoms with Gasteiger partial charge in [-0.25, -0.2) is 4.98 Å². The van der Waals surface area contributed by atoms with Gasteiger partial charge in [-0.15, -0.1) is 0 Å². The molecule has 1 amide bonds. The Morgan fingerprint density at radius 3 is 2.33 bits per heavy atom. The van der Waals surface area contributed by atoms with E-state index >= 15 is 0 Å². The van der Waals surface area contributed by atoms with E-state index in [1.807, 2.05) is 71.6 Å². The van der Waals surface area contributed by atoms with Crippen molar-refractivity contribution < 1.29 is 14.7 Å². The molecule has 1 N–H and O–H groups in total. The minimum absolute atomic E-state index is 0.000458. The van der Waals surface area contributed by atoms with Crippen molar-refractivity contribution >= 4 is 51.7 Å². The van der Waals surface area contributed by atoms with Crippen molar-refractivity contribution in [2.24, 2.45) is 0 Å². The number of aromatic nitrogens is 1. The molecule has 1 fully saturated rings. The first-order chi connectivity index (χ1) is 18.9. The fraction of sp³-hybridized carbons (Fsp3) is 0.258. The van der Waals surface area contributed by atoms with Crippen LogP contribution in [0.1, 0.15) is 35.2 Å². The van der Waals surface area contributed by atoms with Gasteiger partial charge in [-0.3, -0.25) is 9.59 Å². The van der Waals surface area contributed by atoms with E-state index in [1.165, 1.54) is 0 Å². The number of rotatable bonds is 8. The summed E-state index contributed by atoms with van der Waals surface area (Å²) in [6.45, 7) is 2.67. The van der Waals surface area contributed by atoms with Crippen LogP contribution in [0.5, 0.6) is 0 Å². The van der Waals surface area contributed by atoms with Gasteiger partial charge in [0.15, 0.2) is 0 Å². The summed E-state index contributed by atoms with van der Waals surface area (Å²) in [4.78, 5) is 33.4. The fourth-order valence-corrected chi connectivity index (χ4v) is 5.42. The number of aryl methyl sites for hydroxylation is 1. The third-order valence-electron chi connectivity index (χ3n) is 7.11. The standard InChI is InChI=1S/C31H29Cl2N3O3/c32-25-12-9-21(10-13-25)30-22(5-1-4-8-29(37)38)19-24-20-23(11-14-27(24)34-30)31(39)36-17-15-35(16-18-36)28-7-3-2-6-26(28)33/h2-3,6-7,9-14,19-20H,1,4-5,8,15-18H2,(H,37,38). The molecule has 6 nitrogen and oxygen atoms in total. The van der Waals surface area contributed by atoms with Crippen molar-refractivity contribution in [2.45, 2.75) is 25.7 Å². The summed E-state index contributed by atoms with van der Waals surface area (Å²) in [7, 11) is 0. The molecule has 1 aliphatic rings. The van der Waals surface area contributed by atoms with Crippen LogP contribution < -0.4 is 4.90 Å². The molecule has 0 aliphatic carbocycles. The number of nitrogens with zero attached hydrogens (tertiary/aromatic N) is 3. The third kappa shape index (κ3) is 6.35. The van der Waals surface area contributed by atoms with Crippen molar-refractivity contribution in [2.75, 3.05) is 31.1 Å². The Morgan fingerprint density at radius 2 is 1.62 bits per heavy atom. The van der Waals surface area contributed by atoms with Crippen molar-refractivity contribution in [3.63, 3.8) is 0 Å². The summed E-state index contributed by atoms with van der Waals surface area (Å²) >= 11 is 12.5. The topological polar surface area (TPSA) is 73.7 Å². The minimum atomic E-state index is -0.791. The zero-order chi connectivity index (χ0) is 27.4. The molecular weight excluding hydrogens is 533 g/mol. The predicted octanol–water partition coefficient (Wildman–Crippen LogP) is 6.97. The Morgan fingerprint density at radius 1 is 0.872 bits per heavy atom. The lowest BCUT2D eigenvalue weighted by Crippen LogP contribution is -2.48. The molecule has 1 aliphatic heterocycles. The van der Waals surface area contributed by atoms with Crippen LogP contribution in [0.25, 0.3) is 22.2 Å². The van der Waals surface area contributed by atoms with Gasteiger partial charge >= 0.3 is 5.97 Å². The van der Waals surface area contributed by atoms with Crippen LogP contribution in [0.15, 0.2) is 72.8 Å². The van der Waals surface area contributed by atoms with Gasteiger partial charge in [-0.2, -0.15) is 0 Å². The lowest BCUT2D eigenvalue weighted by atomic mass is 9.98. The first-order valence-electron chi connectivity index (χ1n) is 13.1. The van der Waals surface area contributed by atoms with Crippen molar-refractivity contribution in [3.8, 4) is 11.3 Å². The maximum atomic E-state index is 13.4. The number of carbonyl (C=O) groups is 2. The van der Waals surface area contributed by atoms with Crippen LogP contribution in [0.4, 0.5) is 5.69 Å². The number of unbranched alkanes of at least 4 members (excludes halogenated alkanes) is 1. The number of pyridine rings is 1. The van der Waals surface area contributed by atoms with E-state index < -0.39 is 5.97 Å². The fourth-order valence-electron chi connectivity index (χ4n) is 5.03. The number of carbonyl (C=O) groups excluding carboxylic acids is 1. The Bertz CT molecular complexity index is 1500. The second-order valence-electron chi connectivity index (χ2n) is 9.74. The van der Waals surface area contributed by atoms with E-state index in [2.05, 4.69) is 11.0 Å². The molecule has 8 heteroatoms. The molecule has 4 aromatic rings. The quantitative estimate of drug-likeness (QED) is 0.235. The minimum Gasteiger partial charge on any atom is -0.481 e. The molecule has 0 saturated carbocycles. The Labute approximate surface area is 237 Å². The summed E-state index contributed by atoms with van der Waals surface area (Å²) in [5.74, 6) is -0.791.